The summed E-state index contributed by atoms with van der Waals surface area (Å²) in [4.78, 5) is 23.9. The Kier molecular flexibility index (Phi) is 3.45. The van der Waals surface area contributed by atoms with Crippen molar-refractivity contribution in [1.29, 1.82) is 0 Å². The Labute approximate surface area is 90.8 Å². The van der Waals surface area contributed by atoms with E-state index in [0.29, 0.717) is 0 Å². The molecule has 0 aromatic carbocycles. The van der Waals surface area contributed by atoms with Gasteiger partial charge >= 0.3 is 5.97 Å². The SMILES string of the molecule is CCOC(=O)c1cc(S(=O)(=O)O)c[nH]c1=O. The zero-order chi connectivity index (χ0) is 12.3. The van der Waals surface area contributed by atoms with Crippen LogP contribution in [0.3, 0.4) is 0 Å². The molecule has 1 aromatic heterocycles. The predicted molar refractivity (Wildman–Crippen MR) is 52.8 cm³/mol. The predicted octanol–water partition coefficient (Wildman–Crippen LogP) is -0.202. The molecule has 1 heterocycles. The number of ether oxygens (including phenoxy) is 1. The highest BCUT2D eigenvalue weighted by Gasteiger charge is 2.17. The molecule has 88 valence electrons. The molecule has 0 amide bonds. The fourth-order valence-electron chi connectivity index (χ4n) is 0.973. The van der Waals surface area contributed by atoms with Crippen LogP contribution in [0, 0.1) is 0 Å². The summed E-state index contributed by atoms with van der Waals surface area (Å²) in [7, 11) is -4.47. The highest BCUT2D eigenvalue weighted by Crippen LogP contribution is 2.07. The molecule has 2 N–H and O–H groups in total. The highest BCUT2D eigenvalue weighted by molar-refractivity contribution is 7.85. The Morgan fingerprint density at radius 1 is 1.56 bits per heavy atom. The minimum atomic E-state index is -4.47. The van der Waals surface area contributed by atoms with Gasteiger partial charge in [0.05, 0.1) is 6.61 Å². The summed E-state index contributed by atoms with van der Waals surface area (Å²) in [5, 5.41) is 0. The lowest BCUT2D eigenvalue weighted by atomic mass is 10.3. The minimum absolute atomic E-state index is 0.0500. The van der Waals surface area contributed by atoms with Crippen LogP contribution >= 0.6 is 0 Å². The van der Waals surface area contributed by atoms with E-state index < -0.39 is 32.1 Å². The number of hydrogen-bond donors (Lipinski definition) is 2. The lowest BCUT2D eigenvalue weighted by Gasteiger charge is -2.02. The van der Waals surface area contributed by atoms with E-state index in [1.54, 1.807) is 6.92 Å². The fourth-order valence-corrected chi connectivity index (χ4v) is 1.45. The first kappa shape index (κ1) is 12.4. The van der Waals surface area contributed by atoms with Gasteiger partial charge in [0.15, 0.2) is 0 Å². The quantitative estimate of drug-likeness (QED) is 0.564. The summed E-state index contributed by atoms with van der Waals surface area (Å²) in [6.07, 6.45) is 0.792. The average molecular weight is 247 g/mol. The summed E-state index contributed by atoms with van der Waals surface area (Å²) in [6.45, 7) is 1.59. The van der Waals surface area contributed by atoms with Crippen LogP contribution in [0.2, 0.25) is 0 Å². The van der Waals surface area contributed by atoms with Crippen molar-refractivity contribution >= 4 is 16.1 Å². The molecule has 0 unspecified atom stereocenters. The van der Waals surface area contributed by atoms with Crippen LogP contribution in [-0.2, 0) is 14.9 Å². The molecule has 0 saturated carbocycles. The molecule has 7 nitrogen and oxygen atoms in total. The minimum Gasteiger partial charge on any atom is -0.462 e. The first-order chi connectivity index (χ1) is 7.36. The van der Waals surface area contributed by atoms with Gasteiger partial charge in [-0.05, 0) is 13.0 Å². The van der Waals surface area contributed by atoms with Gasteiger partial charge in [0, 0.05) is 6.20 Å². The second kappa shape index (κ2) is 4.45. The summed E-state index contributed by atoms with van der Waals surface area (Å²) in [5.41, 5.74) is -1.26. The van der Waals surface area contributed by atoms with E-state index in [1.165, 1.54) is 0 Å². The van der Waals surface area contributed by atoms with Crippen LogP contribution in [0.1, 0.15) is 17.3 Å². The molecule has 0 fully saturated rings. The second-order valence-corrected chi connectivity index (χ2v) is 4.20. The number of carbonyl (C=O) groups excluding carboxylic acids is 1. The number of hydrogen-bond acceptors (Lipinski definition) is 5. The van der Waals surface area contributed by atoms with Crippen LogP contribution in [0.25, 0.3) is 0 Å². The van der Waals surface area contributed by atoms with E-state index in [4.69, 9.17) is 4.55 Å². The largest absolute Gasteiger partial charge is 0.462 e. The molecular weight excluding hydrogens is 238 g/mol. The Bertz CT molecular complexity index is 558. The first-order valence-corrected chi connectivity index (χ1v) is 5.67. The van der Waals surface area contributed by atoms with Crippen molar-refractivity contribution in [2.45, 2.75) is 11.8 Å². The number of aromatic nitrogens is 1. The molecule has 0 aliphatic rings. The third kappa shape index (κ3) is 2.67. The monoisotopic (exact) mass is 247 g/mol. The number of aromatic amines is 1. The lowest BCUT2D eigenvalue weighted by Crippen LogP contribution is -2.20. The van der Waals surface area contributed by atoms with Crippen molar-refractivity contribution in [2.24, 2.45) is 0 Å². The van der Waals surface area contributed by atoms with Crippen molar-refractivity contribution in [2.75, 3.05) is 6.61 Å². The van der Waals surface area contributed by atoms with Crippen molar-refractivity contribution < 1.29 is 22.5 Å². The zero-order valence-electron chi connectivity index (χ0n) is 8.26. The molecule has 1 rings (SSSR count). The smallest absolute Gasteiger partial charge is 0.343 e. The average Bonchev–Trinajstić information content (AvgIpc) is 2.16. The fraction of sp³-hybridized carbons (Fsp3) is 0.250. The molecule has 1 aromatic rings. The molecule has 8 heteroatoms. The van der Waals surface area contributed by atoms with Gasteiger partial charge in [-0.3, -0.25) is 9.35 Å². The van der Waals surface area contributed by atoms with Gasteiger partial charge in [-0.15, -0.1) is 0 Å². The summed E-state index contributed by atoms with van der Waals surface area (Å²) in [6, 6.07) is 0.756. The number of rotatable bonds is 3. The number of esters is 1. The van der Waals surface area contributed by atoms with Crippen LogP contribution in [-0.4, -0.2) is 30.5 Å². The highest BCUT2D eigenvalue weighted by atomic mass is 32.2. The van der Waals surface area contributed by atoms with E-state index in [-0.39, 0.29) is 6.61 Å². The Hall–Kier alpha value is -1.67. The van der Waals surface area contributed by atoms with E-state index in [1.807, 2.05) is 4.98 Å². The third-order valence-corrected chi connectivity index (χ3v) is 2.50. The van der Waals surface area contributed by atoms with Crippen molar-refractivity contribution in [3.05, 3.63) is 28.2 Å². The first-order valence-electron chi connectivity index (χ1n) is 4.23. The molecule has 0 aliphatic heterocycles. The third-order valence-electron chi connectivity index (χ3n) is 1.67. The summed E-state index contributed by atoms with van der Waals surface area (Å²) >= 11 is 0. The van der Waals surface area contributed by atoms with Crippen molar-refractivity contribution in [3.8, 4) is 0 Å². The summed E-state index contributed by atoms with van der Waals surface area (Å²) < 4.78 is 34.8. The van der Waals surface area contributed by atoms with Crippen LogP contribution < -0.4 is 5.56 Å². The van der Waals surface area contributed by atoms with Crippen molar-refractivity contribution in [3.63, 3.8) is 0 Å². The maximum Gasteiger partial charge on any atom is 0.343 e. The molecular formula is C8H9NO6S. The van der Waals surface area contributed by atoms with Gasteiger partial charge < -0.3 is 9.72 Å². The van der Waals surface area contributed by atoms with E-state index in [0.717, 1.165) is 12.3 Å². The van der Waals surface area contributed by atoms with E-state index >= 15 is 0 Å². The van der Waals surface area contributed by atoms with Crippen LogP contribution in [0.15, 0.2) is 22.0 Å². The molecule has 16 heavy (non-hydrogen) atoms. The molecule has 0 spiro atoms. The standard InChI is InChI=1S/C8H9NO6S/c1-2-15-8(11)6-3-5(16(12,13)14)4-9-7(6)10/h3-4H,2H2,1H3,(H,9,10)(H,12,13,14). The topological polar surface area (TPSA) is 114 Å². The van der Waals surface area contributed by atoms with Gasteiger partial charge in [0.2, 0.25) is 0 Å². The van der Waals surface area contributed by atoms with E-state index in [2.05, 4.69) is 4.74 Å². The molecule has 0 radical (unpaired) electrons. The second-order valence-electron chi connectivity index (χ2n) is 2.77. The number of H-pyrrole nitrogens is 1. The molecule has 0 aliphatic carbocycles. The maximum absolute atomic E-state index is 11.2. The van der Waals surface area contributed by atoms with Crippen LogP contribution in [0.5, 0.6) is 0 Å². The molecule has 0 atom stereocenters. The Morgan fingerprint density at radius 2 is 2.19 bits per heavy atom. The Morgan fingerprint density at radius 3 is 2.69 bits per heavy atom. The van der Waals surface area contributed by atoms with E-state index in [9.17, 15) is 18.0 Å². The van der Waals surface area contributed by atoms with Crippen molar-refractivity contribution in [1.82, 2.24) is 4.98 Å². The number of nitrogens with one attached hydrogen (secondary N) is 1. The van der Waals surface area contributed by atoms with Gasteiger partial charge in [0.1, 0.15) is 10.5 Å². The van der Waals surface area contributed by atoms with Gasteiger partial charge in [-0.2, -0.15) is 8.42 Å². The van der Waals surface area contributed by atoms with Gasteiger partial charge in [-0.1, -0.05) is 0 Å². The van der Waals surface area contributed by atoms with Gasteiger partial charge in [-0.25, -0.2) is 4.79 Å². The van der Waals surface area contributed by atoms with Crippen LogP contribution in [0.4, 0.5) is 0 Å². The normalized spacial score (nSPS) is 11.1. The number of pyridine rings is 1. The van der Waals surface area contributed by atoms with Gasteiger partial charge in [0.25, 0.3) is 15.7 Å². The number of carbonyl (C=O) groups is 1. The zero-order valence-corrected chi connectivity index (χ0v) is 9.08. The lowest BCUT2D eigenvalue weighted by molar-refractivity contribution is 0.0524. The Balaban J connectivity index is 3.30. The summed E-state index contributed by atoms with van der Waals surface area (Å²) in [5.74, 6) is -0.950. The maximum atomic E-state index is 11.2. The molecule has 0 bridgehead atoms. The molecule has 0 saturated heterocycles.